The van der Waals surface area contributed by atoms with Crippen LogP contribution in [0.2, 0.25) is 0 Å². The minimum atomic E-state index is 0.400. The lowest BCUT2D eigenvalue weighted by molar-refractivity contribution is 0.523. The van der Waals surface area contributed by atoms with Gasteiger partial charge in [-0.2, -0.15) is 11.8 Å². The third-order valence-corrected chi connectivity index (χ3v) is 4.55. The maximum atomic E-state index is 6.15. The van der Waals surface area contributed by atoms with Crippen molar-refractivity contribution in [2.45, 2.75) is 36.3 Å². The van der Waals surface area contributed by atoms with Crippen LogP contribution < -0.4 is 0 Å². The van der Waals surface area contributed by atoms with E-state index in [4.69, 9.17) is 23.2 Å². The van der Waals surface area contributed by atoms with E-state index >= 15 is 0 Å². The summed E-state index contributed by atoms with van der Waals surface area (Å²) < 4.78 is 0. The lowest BCUT2D eigenvalue weighted by atomic mass is 10.00. The van der Waals surface area contributed by atoms with Crippen LogP contribution >= 0.6 is 35.0 Å². The Balaban J connectivity index is 2.18. The molecule has 0 aromatic carbocycles. The second-order valence-electron chi connectivity index (χ2n) is 2.90. The van der Waals surface area contributed by atoms with Gasteiger partial charge in [-0.15, -0.1) is 23.2 Å². The quantitative estimate of drug-likeness (QED) is 0.646. The fourth-order valence-corrected chi connectivity index (χ4v) is 3.27. The summed E-state index contributed by atoms with van der Waals surface area (Å²) in [4.78, 5) is 0. The molecule has 2 atom stereocenters. The molecule has 66 valence electrons. The van der Waals surface area contributed by atoms with Gasteiger partial charge in [-0.3, -0.25) is 0 Å². The van der Waals surface area contributed by atoms with E-state index in [1.165, 1.54) is 25.7 Å². The highest BCUT2D eigenvalue weighted by Crippen LogP contribution is 2.31. The minimum Gasteiger partial charge on any atom is -0.156 e. The number of halogens is 2. The normalized spacial score (nSPS) is 32.2. The zero-order chi connectivity index (χ0) is 8.10. The van der Waals surface area contributed by atoms with Gasteiger partial charge >= 0.3 is 0 Å². The molecule has 1 aliphatic rings. The van der Waals surface area contributed by atoms with Crippen molar-refractivity contribution >= 4 is 35.0 Å². The first-order valence-electron chi connectivity index (χ1n) is 4.16. The van der Waals surface area contributed by atoms with Gasteiger partial charge in [0.1, 0.15) is 0 Å². The molecule has 0 bridgehead atoms. The van der Waals surface area contributed by atoms with Gasteiger partial charge in [0.25, 0.3) is 0 Å². The zero-order valence-corrected chi connectivity index (χ0v) is 8.89. The van der Waals surface area contributed by atoms with Gasteiger partial charge in [-0.25, -0.2) is 0 Å². The minimum absolute atomic E-state index is 0.400. The maximum absolute atomic E-state index is 6.15. The van der Waals surface area contributed by atoms with Crippen LogP contribution in [-0.4, -0.2) is 22.3 Å². The molecule has 0 heterocycles. The van der Waals surface area contributed by atoms with Crippen molar-refractivity contribution in [2.24, 2.45) is 0 Å². The van der Waals surface area contributed by atoms with Gasteiger partial charge in [-0.05, 0) is 12.8 Å². The third-order valence-electron chi connectivity index (χ3n) is 2.03. The Morgan fingerprint density at radius 2 is 2.00 bits per heavy atom. The van der Waals surface area contributed by atoms with Crippen LogP contribution in [0.5, 0.6) is 0 Å². The predicted octanol–water partition coefficient (Wildman–Crippen LogP) is 3.51. The van der Waals surface area contributed by atoms with Crippen LogP contribution in [0.4, 0.5) is 0 Å². The SMILES string of the molecule is ClCCS[C@@H]1CCCC[C@H]1Cl. The summed E-state index contributed by atoms with van der Waals surface area (Å²) in [5, 5.41) is 1.07. The summed E-state index contributed by atoms with van der Waals surface area (Å²) >= 11 is 13.7. The molecule has 0 nitrogen and oxygen atoms in total. The van der Waals surface area contributed by atoms with E-state index in [0.717, 1.165) is 11.6 Å². The highest BCUT2D eigenvalue weighted by Gasteiger charge is 2.22. The first-order valence-corrected chi connectivity index (χ1v) is 6.18. The van der Waals surface area contributed by atoms with Crippen LogP contribution in [0.15, 0.2) is 0 Å². The Bertz CT molecular complexity index is 108. The molecule has 1 aliphatic carbocycles. The van der Waals surface area contributed by atoms with Crippen LogP contribution in [-0.2, 0) is 0 Å². The van der Waals surface area contributed by atoms with Crippen LogP contribution in [0, 0.1) is 0 Å². The molecule has 1 fully saturated rings. The van der Waals surface area contributed by atoms with E-state index in [1.54, 1.807) is 0 Å². The number of hydrogen-bond acceptors (Lipinski definition) is 1. The fraction of sp³-hybridized carbons (Fsp3) is 1.00. The van der Waals surface area contributed by atoms with Gasteiger partial charge in [-0.1, -0.05) is 12.8 Å². The molecule has 0 N–H and O–H groups in total. The average molecular weight is 213 g/mol. The van der Waals surface area contributed by atoms with E-state index in [9.17, 15) is 0 Å². The lowest BCUT2D eigenvalue weighted by Crippen LogP contribution is -2.22. The molecule has 11 heavy (non-hydrogen) atoms. The summed E-state index contributed by atoms with van der Waals surface area (Å²) in [6, 6.07) is 0. The van der Waals surface area contributed by atoms with E-state index < -0.39 is 0 Å². The second-order valence-corrected chi connectivity index (χ2v) is 5.18. The monoisotopic (exact) mass is 212 g/mol. The number of alkyl halides is 2. The summed E-state index contributed by atoms with van der Waals surface area (Å²) in [7, 11) is 0. The molecule has 1 rings (SSSR count). The van der Waals surface area contributed by atoms with Crippen LogP contribution in [0.3, 0.4) is 0 Å². The molecular formula is C8H14Cl2S. The lowest BCUT2D eigenvalue weighted by Gasteiger charge is -2.26. The molecule has 0 aromatic rings. The van der Waals surface area contributed by atoms with Crippen molar-refractivity contribution in [1.82, 2.24) is 0 Å². The van der Waals surface area contributed by atoms with E-state index in [2.05, 4.69) is 0 Å². The zero-order valence-electron chi connectivity index (χ0n) is 6.56. The summed E-state index contributed by atoms with van der Waals surface area (Å²) in [6.45, 7) is 0. The molecule has 0 aromatic heterocycles. The summed E-state index contributed by atoms with van der Waals surface area (Å²) in [6.07, 6.45) is 5.15. The second kappa shape index (κ2) is 5.55. The molecule has 1 saturated carbocycles. The Labute approximate surface area is 83.0 Å². The largest absolute Gasteiger partial charge is 0.156 e. The molecule has 0 amide bonds. The molecule has 0 unspecified atom stereocenters. The Hall–Kier alpha value is 0.930. The van der Waals surface area contributed by atoms with Gasteiger partial charge in [0.05, 0.1) is 0 Å². The van der Waals surface area contributed by atoms with Gasteiger partial charge in [0, 0.05) is 22.3 Å². The number of rotatable bonds is 3. The average Bonchev–Trinajstić information content (AvgIpc) is 2.03. The van der Waals surface area contributed by atoms with Crippen LogP contribution in [0.25, 0.3) is 0 Å². The highest BCUT2D eigenvalue weighted by molar-refractivity contribution is 8.00. The van der Waals surface area contributed by atoms with Crippen molar-refractivity contribution in [3.05, 3.63) is 0 Å². The van der Waals surface area contributed by atoms with Gasteiger partial charge in [0.2, 0.25) is 0 Å². The highest BCUT2D eigenvalue weighted by atomic mass is 35.5. The third kappa shape index (κ3) is 3.43. The number of hydrogen-bond donors (Lipinski definition) is 0. The Morgan fingerprint density at radius 1 is 1.27 bits per heavy atom. The van der Waals surface area contributed by atoms with Crippen molar-refractivity contribution < 1.29 is 0 Å². The first kappa shape index (κ1) is 10.0. The first-order chi connectivity index (χ1) is 5.34. The van der Waals surface area contributed by atoms with Crippen LogP contribution in [0.1, 0.15) is 25.7 Å². The van der Waals surface area contributed by atoms with E-state index in [-0.39, 0.29) is 0 Å². The Morgan fingerprint density at radius 3 is 2.64 bits per heavy atom. The van der Waals surface area contributed by atoms with Gasteiger partial charge in [0.15, 0.2) is 0 Å². The molecule has 0 saturated heterocycles. The molecular weight excluding hydrogens is 199 g/mol. The summed E-state index contributed by atoms with van der Waals surface area (Å²) in [5.74, 6) is 1.81. The van der Waals surface area contributed by atoms with Crippen molar-refractivity contribution in [2.75, 3.05) is 11.6 Å². The van der Waals surface area contributed by atoms with E-state index in [1.807, 2.05) is 11.8 Å². The topological polar surface area (TPSA) is 0 Å². The smallest absolute Gasteiger partial charge is 0.0454 e. The van der Waals surface area contributed by atoms with Gasteiger partial charge < -0.3 is 0 Å². The predicted molar refractivity (Wildman–Crippen MR) is 55.1 cm³/mol. The standard InChI is InChI=1S/C8H14Cl2S/c9-5-6-11-8-4-2-1-3-7(8)10/h7-8H,1-6H2/t7-,8-/m1/s1. The van der Waals surface area contributed by atoms with Crippen molar-refractivity contribution in [3.63, 3.8) is 0 Å². The maximum Gasteiger partial charge on any atom is 0.0454 e. The molecule has 0 radical (unpaired) electrons. The Kier molecular flexibility index (Phi) is 5.06. The number of thioether (sulfide) groups is 1. The molecule has 0 spiro atoms. The van der Waals surface area contributed by atoms with Crippen molar-refractivity contribution in [3.8, 4) is 0 Å². The fourth-order valence-electron chi connectivity index (χ4n) is 1.44. The summed E-state index contributed by atoms with van der Waals surface area (Å²) in [5.41, 5.74) is 0. The van der Waals surface area contributed by atoms with Crippen molar-refractivity contribution in [1.29, 1.82) is 0 Å². The molecule has 0 aliphatic heterocycles. The molecule has 3 heteroatoms. The van der Waals surface area contributed by atoms with E-state index in [0.29, 0.717) is 10.6 Å².